The van der Waals surface area contributed by atoms with E-state index in [-0.39, 0.29) is 29.0 Å². The number of halogens is 2. The first-order valence-corrected chi connectivity index (χ1v) is 8.61. The van der Waals surface area contributed by atoms with E-state index in [0.29, 0.717) is 21.3 Å². The molecule has 1 fully saturated rings. The van der Waals surface area contributed by atoms with Crippen molar-refractivity contribution >= 4 is 35.1 Å². The first kappa shape index (κ1) is 15.1. The monoisotopic (exact) mass is 350 g/mol. The van der Waals surface area contributed by atoms with Crippen LogP contribution >= 0.6 is 23.7 Å². The van der Waals surface area contributed by atoms with Crippen LogP contribution in [0.15, 0.2) is 28.3 Å². The number of hydrogen-bond donors (Lipinski definition) is 2. The number of nitrogens with two attached hydrogens (primary N) is 1. The van der Waals surface area contributed by atoms with E-state index >= 15 is 0 Å². The summed E-state index contributed by atoms with van der Waals surface area (Å²) in [5, 5.41) is 11.7. The van der Waals surface area contributed by atoms with E-state index in [2.05, 4.69) is 25.3 Å². The van der Waals surface area contributed by atoms with Crippen molar-refractivity contribution in [1.82, 2.24) is 5.43 Å². The number of allylic oxidation sites excluding steroid dienone is 1. The quantitative estimate of drug-likeness (QED) is 0.800. The molecule has 0 amide bonds. The zero-order valence-corrected chi connectivity index (χ0v) is 14.4. The van der Waals surface area contributed by atoms with Gasteiger partial charge in [-0.05, 0) is 36.0 Å². The summed E-state index contributed by atoms with van der Waals surface area (Å²) in [5.74, 6) is 0. The highest BCUT2D eigenvalue weighted by Crippen LogP contribution is 2.84. The molecule has 1 aromatic rings. The lowest BCUT2D eigenvalue weighted by Gasteiger charge is -2.29. The second-order valence-corrected chi connectivity index (χ2v) is 7.74. The molecular formula is C16H16ClFN4S. The van der Waals surface area contributed by atoms with Gasteiger partial charge in [-0.25, -0.2) is 5.43 Å². The van der Waals surface area contributed by atoms with Crippen LogP contribution < -0.4 is 16.2 Å². The molecule has 4 rings (SSSR count). The Balaban J connectivity index is 1.75. The molecule has 1 aliphatic heterocycles. The third-order valence-electron chi connectivity index (χ3n) is 5.68. The summed E-state index contributed by atoms with van der Waals surface area (Å²) in [6, 6.07) is 5.09. The predicted octanol–water partition coefficient (Wildman–Crippen LogP) is 4.19. The Labute approximate surface area is 143 Å². The largest absolute Gasteiger partial charge is 0.397 e. The van der Waals surface area contributed by atoms with Gasteiger partial charge < -0.3 is 5.73 Å². The Bertz CT molecular complexity index is 781. The number of rotatable bonds is 3. The number of nitrogens with one attached hydrogen (secondary N) is 1. The van der Waals surface area contributed by atoms with Crippen molar-refractivity contribution in [1.29, 1.82) is 5.26 Å². The van der Waals surface area contributed by atoms with Gasteiger partial charge in [0.1, 0.15) is 6.04 Å². The molecule has 1 aromatic carbocycles. The van der Waals surface area contributed by atoms with Crippen molar-refractivity contribution in [2.75, 3.05) is 10.7 Å². The van der Waals surface area contributed by atoms with Gasteiger partial charge in [0.25, 0.3) is 0 Å². The van der Waals surface area contributed by atoms with E-state index in [1.54, 1.807) is 12.1 Å². The topological polar surface area (TPSA) is 65.1 Å². The highest BCUT2D eigenvalue weighted by atomic mass is 35.5. The molecule has 3 aliphatic rings. The fourth-order valence-corrected chi connectivity index (χ4v) is 4.89. The number of nitrogens with zero attached hydrogens (tertiary/aromatic N) is 2. The molecule has 4 nitrogen and oxygen atoms in total. The summed E-state index contributed by atoms with van der Waals surface area (Å²) in [5.41, 5.74) is 12.8. The molecule has 23 heavy (non-hydrogen) atoms. The minimum atomic E-state index is -0.343. The van der Waals surface area contributed by atoms with Crippen molar-refractivity contribution in [2.45, 2.75) is 37.6 Å². The van der Waals surface area contributed by atoms with Crippen LogP contribution in [0.4, 0.5) is 15.3 Å². The van der Waals surface area contributed by atoms with Crippen molar-refractivity contribution in [2.24, 2.45) is 10.8 Å². The molecule has 3 unspecified atom stereocenters. The Kier molecular flexibility index (Phi) is 3.00. The number of benzene rings is 1. The smallest absolute Gasteiger partial charge is 0.137 e. The van der Waals surface area contributed by atoms with Gasteiger partial charge in [-0.2, -0.15) is 9.15 Å². The average molecular weight is 351 g/mol. The van der Waals surface area contributed by atoms with E-state index in [1.807, 2.05) is 5.01 Å². The van der Waals surface area contributed by atoms with Gasteiger partial charge in [-0.3, -0.25) is 5.01 Å². The second kappa shape index (κ2) is 4.56. The van der Waals surface area contributed by atoms with Gasteiger partial charge in [-0.1, -0.05) is 25.4 Å². The van der Waals surface area contributed by atoms with Crippen LogP contribution in [0.5, 0.6) is 0 Å². The molecule has 0 radical (unpaired) electrons. The number of hydrazine groups is 1. The fraction of sp³-hybridized carbons (Fsp3) is 0.438. The third kappa shape index (κ3) is 1.70. The first-order chi connectivity index (χ1) is 10.9. The maximum atomic E-state index is 12.8. The van der Waals surface area contributed by atoms with E-state index in [4.69, 9.17) is 17.3 Å². The van der Waals surface area contributed by atoms with Crippen molar-refractivity contribution in [3.8, 4) is 6.07 Å². The standard InChI is InChI=1S/C16H16ClFN4S/c1-3-15(2)7-16(15)12-11(6-19)21-22(14(12)16)13-9(17)4-8(23-18)5-10(13)20/h4-5,11,21H,3,7,20H2,1-2H3. The average Bonchev–Trinajstić information content (AvgIpc) is 3.29. The fourth-order valence-electron chi connectivity index (χ4n) is 4.18. The highest BCUT2D eigenvalue weighted by Gasteiger charge is 2.81. The van der Waals surface area contributed by atoms with Crippen LogP contribution in [-0.2, 0) is 0 Å². The van der Waals surface area contributed by atoms with Crippen molar-refractivity contribution in [3.05, 3.63) is 28.4 Å². The number of fused-ring (bicyclic) bond motifs is 2. The summed E-state index contributed by atoms with van der Waals surface area (Å²) in [6.45, 7) is 4.43. The van der Waals surface area contributed by atoms with Crippen LogP contribution in [0.2, 0.25) is 5.02 Å². The zero-order chi connectivity index (χ0) is 16.6. The van der Waals surface area contributed by atoms with Crippen LogP contribution in [0.25, 0.3) is 0 Å². The van der Waals surface area contributed by atoms with Gasteiger partial charge in [0.15, 0.2) is 0 Å². The predicted molar refractivity (Wildman–Crippen MR) is 90.3 cm³/mol. The highest BCUT2D eigenvalue weighted by molar-refractivity contribution is 7.94. The molecule has 7 heteroatoms. The Morgan fingerprint density at radius 3 is 2.87 bits per heavy atom. The Hall–Kier alpha value is -1.42. The van der Waals surface area contributed by atoms with Crippen LogP contribution in [0.3, 0.4) is 0 Å². The molecule has 0 saturated heterocycles. The van der Waals surface area contributed by atoms with Gasteiger partial charge in [0.2, 0.25) is 0 Å². The van der Waals surface area contributed by atoms with Gasteiger partial charge in [0, 0.05) is 16.0 Å². The van der Waals surface area contributed by atoms with E-state index in [1.165, 1.54) is 5.57 Å². The van der Waals surface area contributed by atoms with Crippen LogP contribution in [-0.4, -0.2) is 6.04 Å². The third-order valence-corrected chi connectivity index (χ3v) is 6.38. The van der Waals surface area contributed by atoms with Crippen molar-refractivity contribution < 1.29 is 3.89 Å². The summed E-state index contributed by atoms with van der Waals surface area (Å²) in [6.07, 6.45) is 2.13. The van der Waals surface area contributed by atoms with Gasteiger partial charge >= 0.3 is 0 Å². The zero-order valence-electron chi connectivity index (χ0n) is 12.8. The minimum absolute atomic E-state index is 0.0245. The van der Waals surface area contributed by atoms with Gasteiger partial charge in [-0.15, -0.1) is 0 Å². The number of hydrogen-bond acceptors (Lipinski definition) is 5. The maximum Gasteiger partial charge on any atom is 0.137 e. The number of nitrogen functional groups attached to an aromatic ring is 1. The van der Waals surface area contributed by atoms with E-state index in [0.717, 1.165) is 18.5 Å². The molecule has 2 aliphatic carbocycles. The van der Waals surface area contributed by atoms with E-state index < -0.39 is 0 Å². The normalized spacial score (nSPS) is 33.9. The summed E-state index contributed by atoms with van der Waals surface area (Å²) in [4.78, 5) is 0.372. The van der Waals surface area contributed by atoms with Crippen molar-refractivity contribution in [3.63, 3.8) is 0 Å². The molecule has 3 N–H and O–H groups in total. The molecule has 0 bridgehead atoms. The molecule has 1 saturated carbocycles. The molecular weight excluding hydrogens is 335 g/mol. The molecule has 1 heterocycles. The van der Waals surface area contributed by atoms with Crippen LogP contribution in [0.1, 0.15) is 26.7 Å². The number of nitriles is 1. The van der Waals surface area contributed by atoms with Gasteiger partial charge in [0.05, 0.1) is 34.6 Å². The lowest BCUT2D eigenvalue weighted by atomic mass is 9.96. The van der Waals surface area contributed by atoms with E-state index in [9.17, 15) is 9.15 Å². The molecule has 1 spiro atoms. The Morgan fingerprint density at radius 1 is 1.61 bits per heavy atom. The summed E-state index contributed by atoms with van der Waals surface area (Å²) >= 11 is 6.45. The summed E-state index contributed by atoms with van der Waals surface area (Å²) in [7, 11) is 0. The van der Waals surface area contributed by atoms with Crippen LogP contribution in [0, 0.1) is 22.2 Å². The second-order valence-electron chi connectivity index (χ2n) is 6.71. The number of anilines is 2. The Morgan fingerprint density at radius 2 is 2.35 bits per heavy atom. The SMILES string of the molecule is CCC1(C)CC12C1=C2N(c2c(N)cc(SF)cc2Cl)NC1C#N. The first-order valence-electron chi connectivity index (χ1n) is 7.52. The lowest BCUT2D eigenvalue weighted by Crippen LogP contribution is -2.42. The molecule has 3 atom stereocenters. The summed E-state index contributed by atoms with van der Waals surface area (Å²) < 4.78 is 12.8. The maximum absolute atomic E-state index is 12.8. The molecule has 0 aromatic heterocycles. The minimum Gasteiger partial charge on any atom is -0.397 e. The lowest BCUT2D eigenvalue weighted by molar-refractivity contribution is 0.453. The molecule has 120 valence electrons.